The van der Waals surface area contributed by atoms with Crippen LogP contribution in [0.2, 0.25) is 0 Å². The van der Waals surface area contributed by atoms with Crippen LogP contribution in [0.15, 0.2) is 0 Å². The van der Waals surface area contributed by atoms with Gasteiger partial charge in [0.1, 0.15) is 0 Å². The van der Waals surface area contributed by atoms with Gasteiger partial charge in [-0.1, -0.05) is 0 Å². The van der Waals surface area contributed by atoms with Gasteiger partial charge in [-0.3, -0.25) is 14.5 Å². The minimum atomic E-state index is -3.45. The zero-order chi connectivity index (χ0) is 16.2. The number of piperidine rings is 2. The highest BCUT2D eigenvalue weighted by molar-refractivity contribution is 7.89. The van der Waals surface area contributed by atoms with Crippen LogP contribution in [0.5, 0.6) is 0 Å². The van der Waals surface area contributed by atoms with E-state index < -0.39 is 10.0 Å². The lowest BCUT2D eigenvalue weighted by Crippen LogP contribution is -2.44. The molecule has 2 aliphatic heterocycles. The summed E-state index contributed by atoms with van der Waals surface area (Å²) in [4.78, 5) is 26.6. The Morgan fingerprint density at radius 1 is 1.14 bits per heavy atom. The SMILES string of the molecule is CN1CCC(CNS(=O)(=O)CCN2C(=O)CCCC2=O)CC1. The lowest BCUT2D eigenvalue weighted by molar-refractivity contribution is -0.147. The molecule has 22 heavy (non-hydrogen) atoms. The van der Waals surface area contributed by atoms with Crippen LogP contribution >= 0.6 is 0 Å². The smallest absolute Gasteiger partial charge is 0.229 e. The molecule has 2 aliphatic rings. The average molecular weight is 331 g/mol. The van der Waals surface area contributed by atoms with Gasteiger partial charge in [0, 0.05) is 25.9 Å². The first-order valence-electron chi connectivity index (χ1n) is 7.86. The lowest BCUT2D eigenvalue weighted by atomic mass is 9.98. The van der Waals surface area contributed by atoms with E-state index in [2.05, 4.69) is 16.7 Å². The van der Waals surface area contributed by atoms with Crippen molar-refractivity contribution in [2.75, 3.05) is 39.0 Å². The first-order chi connectivity index (χ1) is 10.4. The zero-order valence-corrected chi connectivity index (χ0v) is 13.9. The first kappa shape index (κ1) is 17.4. The van der Waals surface area contributed by atoms with E-state index >= 15 is 0 Å². The van der Waals surface area contributed by atoms with Gasteiger partial charge in [-0.2, -0.15) is 0 Å². The maximum absolute atomic E-state index is 12.0. The van der Waals surface area contributed by atoms with Crippen LogP contribution in [0.25, 0.3) is 0 Å². The number of carbonyl (C=O) groups excluding carboxylic acids is 2. The van der Waals surface area contributed by atoms with Crippen LogP contribution in [-0.4, -0.2) is 69.0 Å². The summed E-state index contributed by atoms with van der Waals surface area (Å²) in [6.45, 7) is 2.38. The summed E-state index contributed by atoms with van der Waals surface area (Å²) in [6, 6.07) is 0. The van der Waals surface area contributed by atoms with E-state index in [1.54, 1.807) is 0 Å². The second-order valence-electron chi connectivity index (χ2n) is 6.21. The van der Waals surface area contributed by atoms with Gasteiger partial charge in [-0.05, 0) is 45.3 Å². The summed E-state index contributed by atoms with van der Waals surface area (Å²) in [5, 5.41) is 0. The molecule has 2 fully saturated rings. The number of sulfonamides is 1. The summed E-state index contributed by atoms with van der Waals surface area (Å²) < 4.78 is 26.7. The maximum atomic E-state index is 12.0. The quantitative estimate of drug-likeness (QED) is 0.681. The van der Waals surface area contributed by atoms with E-state index in [-0.39, 0.29) is 24.1 Å². The minimum Gasteiger partial charge on any atom is -0.306 e. The van der Waals surface area contributed by atoms with Gasteiger partial charge >= 0.3 is 0 Å². The minimum absolute atomic E-state index is 0.0413. The van der Waals surface area contributed by atoms with Gasteiger partial charge in [0.05, 0.1) is 5.75 Å². The van der Waals surface area contributed by atoms with E-state index in [4.69, 9.17) is 0 Å². The molecule has 0 atom stereocenters. The zero-order valence-electron chi connectivity index (χ0n) is 13.1. The Hall–Kier alpha value is -0.990. The lowest BCUT2D eigenvalue weighted by Gasteiger charge is -2.29. The van der Waals surface area contributed by atoms with Gasteiger partial charge in [0.25, 0.3) is 0 Å². The normalized spacial score (nSPS) is 22.3. The molecule has 8 heteroatoms. The van der Waals surface area contributed by atoms with Crippen LogP contribution in [0, 0.1) is 5.92 Å². The molecule has 1 N–H and O–H groups in total. The van der Waals surface area contributed by atoms with Crippen LogP contribution in [0.1, 0.15) is 32.1 Å². The van der Waals surface area contributed by atoms with E-state index in [1.807, 2.05) is 0 Å². The number of nitrogens with zero attached hydrogens (tertiary/aromatic N) is 2. The van der Waals surface area contributed by atoms with E-state index in [1.165, 1.54) is 0 Å². The van der Waals surface area contributed by atoms with Gasteiger partial charge in [-0.25, -0.2) is 13.1 Å². The second-order valence-corrected chi connectivity index (χ2v) is 8.13. The molecular formula is C14H25N3O4S. The molecule has 0 aromatic rings. The van der Waals surface area contributed by atoms with Crippen molar-refractivity contribution < 1.29 is 18.0 Å². The predicted octanol–water partition coefficient (Wildman–Crippen LogP) is -0.213. The summed E-state index contributed by atoms with van der Waals surface area (Å²) in [5.74, 6) is -0.371. The molecule has 0 saturated carbocycles. The molecule has 126 valence electrons. The molecule has 2 rings (SSSR count). The number of carbonyl (C=O) groups is 2. The molecule has 7 nitrogen and oxygen atoms in total. The van der Waals surface area contributed by atoms with E-state index in [9.17, 15) is 18.0 Å². The molecule has 0 aliphatic carbocycles. The van der Waals surface area contributed by atoms with Crippen molar-refractivity contribution in [2.24, 2.45) is 5.92 Å². The fourth-order valence-corrected chi connectivity index (χ4v) is 3.90. The number of rotatable bonds is 6. The van der Waals surface area contributed by atoms with Crippen molar-refractivity contribution in [3.63, 3.8) is 0 Å². The van der Waals surface area contributed by atoms with Crippen LogP contribution in [0.3, 0.4) is 0 Å². The predicted molar refractivity (Wildman–Crippen MR) is 82.6 cm³/mol. The number of hydrogen-bond acceptors (Lipinski definition) is 5. The largest absolute Gasteiger partial charge is 0.306 e. The van der Waals surface area contributed by atoms with Gasteiger partial charge in [-0.15, -0.1) is 0 Å². The number of nitrogens with one attached hydrogen (secondary N) is 1. The molecule has 0 aromatic heterocycles. The maximum Gasteiger partial charge on any atom is 0.229 e. The fraction of sp³-hybridized carbons (Fsp3) is 0.857. The molecule has 2 heterocycles. The number of amides is 2. The summed E-state index contributed by atoms with van der Waals surface area (Å²) in [6.07, 6.45) is 3.20. The van der Waals surface area contributed by atoms with Gasteiger partial charge in [0.15, 0.2) is 0 Å². The Kier molecular flexibility index (Phi) is 5.94. The van der Waals surface area contributed by atoms with Crippen molar-refractivity contribution >= 4 is 21.8 Å². The van der Waals surface area contributed by atoms with E-state index in [0.29, 0.717) is 31.7 Å². The summed E-state index contributed by atoms with van der Waals surface area (Å²) in [7, 11) is -1.39. The molecule has 0 unspecified atom stereocenters. The fourth-order valence-electron chi connectivity index (χ4n) is 2.84. The third-order valence-electron chi connectivity index (χ3n) is 4.40. The number of imide groups is 1. The topological polar surface area (TPSA) is 86.8 Å². The molecule has 0 spiro atoms. The number of likely N-dealkylation sites (tertiary alicyclic amines) is 2. The monoisotopic (exact) mass is 331 g/mol. The van der Waals surface area contributed by atoms with Crippen molar-refractivity contribution in [2.45, 2.75) is 32.1 Å². The Labute approximate surface area is 132 Å². The molecular weight excluding hydrogens is 306 g/mol. The molecule has 0 bridgehead atoms. The Morgan fingerprint density at radius 2 is 1.73 bits per heavy atom. The highest BCUT2D eigenvalue weighted by atomic mass is 32.2. The Bertz CT molecular complexity index is 496. The summed E-state index contributed by atoms with van der Waals surface area (Å²) in [5.41, 5.74) is 0. The van der Waals surface area contributed by atoms with Gasteiger partial charge in [0.2, 0.25) is 21.8 Å². The highest BCUT2D eigenvalue weighted by Gasteiger charge is 2.27. The highest BCUT2D eigenvalue weighted by Crippen LogP contribution is 2.15. The number of hydrogen-bond donors (Lipinski definition) is 1. The second kappa shape index (κ2) is 7.52. The average Bonchev–Trinajstić information content (AvgIpc) is 2.46. The molecule has 2 saturated heterocycles. The molecule has 2 amide bonds. The first-order valence-corrected chi connectivity index (χ1v) is 9.52. The third-order valence-corrected chi connectivity index (χ3v) is 5.72. The van der Waals surface area contributed by atoms with Crippen LogP contribution in [0.4, 0.5) is 0 Å². The van der Waals surface area contributed by atoms with Crippen molar-refractivity contribution in [1.82, 2.24) is 14.5 Å². The third kappa shape index (κ3) is 5.03. The molecule has 0 aromatic carbocycles. The summed E-state index contributed by atoms with van der Waals surface area (Å²) >= 11 is 0. The van der Waals surface area contributed by atoms with Crippen molar-refractivity contribution in [3.05, 3.63) is 0 Å². The Morgan fingerprint density at radius 3 is 2.32 bits per heavy atom. The van der Waals surface area contributed by atoms with Crippen molar-refractivity contribution in [3.8, 4) is 0 Å². The molecule has 0 radical (unpaired) electrons. The Balaban J connectivity index is 1.76. The van der Waals surface area contributed by atoms with Crippen molar-refractivity contribution in [1.29, 1.82) is 0 Å². The standard InChI is InChI=1S/C14H25N3O4S/c1-16-7-5-12(6-8-16)11-15-22(20,21)10-9-17-13(18)3-2-4-14(17)19/h12,15H,2-11H2,1H3. The van der Waals surface area contributed by atoms with Gasteiger partial charge < -0.3 is 4.90 Å². The van der Waals surface area contributed by atoms with Crippen LogP contribution in [-0.2, 0) is 19.6 Å². The van der Waals surface area contributed by atoms with E-state index in [0.717, 1.165) is 30.8 Å². The van der Waals surface area contributed by atoms with Crippen LogP contribution < -0.4 is 4.72 Å².